The molecule has 2 aromatic carbocycles. The standard InChI is InChI=1S/C21H18F6N2O3/c1-12-5-6-16(17(7-12)32-11-20(22,23)24)28-19(31)13-8-18(30)29(10-13)15-4-2-3-14(9-15)21(25,26)27/h2-7,9,13H,8,10-11H2,1H3,(H,28,31). The summed E-state index contributed by atoms with van der Waals surface area (Å²) in [4.78, 5) is 26.1. The molecular formula is C21H18F6N2O3. The van der Waals surface area contributed by atoms with Crippen LogP contribution in [0.3, 0.4) is 0 Å². The van der Waals surface area contributed by atoms with Crippen molar-refractivity contribution in [2.75, 3.05) is 23.4 Å². The fourth-order valence-corrected chi connectivity index (χ4v) is 3.23. The number of carbonyl (C=O) groups is 2. The van der Waals surface area contributed by atoms with Gasteiger partial charge in [0.05, 0.1) is 17.2 Å². The van der Waals surface area contributed by atoms with Crippen LogP contribution in [0.2, 0.25) is 0 Å². The van der Waals surface area contributed by atoms with Crippen molar-refractivity contribution in [2.24, 2.45) is 5.92 Å². The molecule has 1 saturated heterocycles. The highest BCUT2D eigenvalue weighted by Crippen LogP contribution is 2.34. The van der Waals surface area contributed by atoms with Gasteiger partial charge in [0.1, 0.15) is 5.75 Å². The molecule has 32 heavy (non-hydrogen) atoms. The molecule has 1 atom stereocenters. The van der Waals surface area contributed by atoms with E-state index < -0.39 is 42.3 Å². The van der Waals surface area contributed by atoms with Crippen molar-refractivity contribution in [1.29, 1.82) is 0 Å². The Morgan fingerprint density at radius 3 is 2.50 bits per heavy atom. The molecule has 172 valence electrons. The summed E-state index contributed by atoms with van der Waals surface area (Å²) in [6, 6.07) is 8.45. The Morgan fingerprint density at radius 1 is 1.12 bits per heavy atom. The lowest BCUT2D eigenvalue weighted by atomic mass is 10.1. The van der Waals surface area contributed by atoms with E-state index in [0.29, 0.717) is 5.56 Å². The van der Waals surface area contributed by atoms with Crippen LogP contribution >= 0.6 is 0 Å². The van der Waals surface area contributed by atoms with Gasteiger partial charge in [0.25, 0.3) is 0 Å². The number of hydrogen-bond acceptors (Lipinski definition) is 3. The monoisotopic (exact) mass is 460 g/mol. The van der Waals surface area contributed by atoms with Crippen molar-refractivity contribution < 1.29 is 40.7 Å². The van der Waals surface area contributed by atoms with Crippen molar-refractivity contribution >= 4 is 23.2 Å². The van der Waals surface area contributed by atoms with Crippen molar-refractivity contribution in [2.45, 2.75) is 25.7 Å². The van der Waals surface area contributed by atoms with E-state index in [1.54, 1.807) is 13.0 Å². The fourth-order valence-electron chi connectivity index (χ4n) is 3.23. The summed E-state index contributed by atoms with van der Waals surface area (Å²) < 4.78 is 81.2. The van der Waals surface area contributed by atoms with Crippen molar-refractivity contribution in [3.8, 4) is 5.75 Å². The van der Waals surface area contributed by atoms with E-state index in [4.69, 9.17) is 4.74 Å². The predicted octanol–water partition coefficient (Wildman–Crippen LogP) is 4.95. The molecule has 1 aliphatic rings. The topological polar surface area (TPSA) is 58.6 Å². The summed E-state index contributed by atoms with van der Waals surface area (Å²) in [7, 11) is 0. The van der Waals surface area contributed by atoms with E-state index in [2.05, 4.69) is 5.32 Å². The minimum absolute atomic E-state index is 0.00432. The SMILES string of the molecule is Cc1ccc(NC(=O)C2CC(=O)N(c3cccc(C(F)(F)F)c3)C2)c(OCC(F)(F)F)c1. The van der Waals surface area contributed by atoms with Gasteiger partial charge >= 0.3 is 12.4 Å². The zero-order valence-corrected chi connectivity index (χ0v) is 16.7. The van der Waals surface area contributed by atoms with Gasteiger partial charge in [-0.15, -0.1) is 0 Å². The second kappa shape index (κ2) is 8.71. The van der Waals surface area contributed by atoms with E-state index in [-0.39, 0.29) is 30.1 Å². The second-order valence-electron chi connectivity index (χ2n) is 7.35. The van der Waals surface area contributed by atoms with E-state index in [1.165, 1.54) is 18.2 Å². The number of hydrogen-bond donors (Lipinski definition) is 1. The number of ether oxygens (including phenoxy) is 1. The Morgan fingerprint density at radius 2 is 1.84 bits per heavy atom. The Hall–Kier alpha value is -3.24. The lowest BCUT2D eigenvalue weighted by molar-refractivity contribution is -0.153. The van der Waals surface area contributed by atoms with Crippen LogP contribution in [0.25, 0.3) is 0 Å². The first kappa shape index (κ1) is 23.4. The maximum Gasteiger partial charge on any atom is 0.422 e. The van der Waals surface area contributed by atoms with Gasteiger partial charge in [0, 0.05) is 18.7 Å². The number of aryl methyl sites for hydroxylation is 1. The number of nitrogens with one attached hydrogen (secondary N) is 1. The van der Waals surface area contributed by atoms with Crippen molar-refractivity contribution in [3.63, 3.8) is 0 Å². The number of anilines is 2. The van der Waals surface area contributed by atoms with Crippen molar-refractivity contribution in [1.82, 2.24) is 0 Å². The summed E-state index contributed by atoms with van der Waals surface area (Å²) in [6.45, 7) is -0.0875. The molecule has 1 fully saturated rings. The Kier molecular flexibility index (Phi) is 6.38. The largest absolute Gasteiger partial charge is 0.482 e. The molecule has 11 heteroatoms. The summed E-state index contributed by atoms with van der Waals surface area (Å²) >= 11 is 0. The smallest absolute Gasteiger partial charge is 0.422 e. The summed E-state index contributed by atoms with van der Waals surface area (Å²) in [5.74, 6) is -2.29. The van der Waals surface area contributed by atoms with E-state index >= 15 is 0 Å². The lowest BCUT2D eigenvalue weighted by Gasteiger charge is -2.19. The van der Waals surface area contributed by atoms with Crippen LogP contribution in [0, 0.1) is 12.8 Å². The molecule has 1 N–H and O–H groups in total. The number of alkyl halides is 6. The van der Waals surface area contributed by atoms with Gasteiger partial charge in [0.2, 0.25) is 11.8 Å². The average molecular weight is 460 g/mol. The minimum atomic E-state index is -4.59. The first-order chi connectivity index (χ1) is 14.8. The molecule has 3 rings (SSSR count). The summed E-state index contributed by atoms with van der Waals surface area (Å²) in [5.41, 5.74) is -0.326. The molecule has 0 aromatic heterocycles. The van der Waals surface area contributed by atoms with Crippen LogP contribution in [0.1, 0.15) is 17.5 Å². The number of carbonyl (C=O) groups excluding carboxylic acids is 2. The van der Waals surface area contributed by atoms with Crippen molar-refractivity contribution in [3.05, 3.63) is 53.6 Å². The molecule has 0 aliphatic carbocycles. The van der Waals surface area contributed by atoms with E-state index in [9.17, 15) is 35.9 Å². The Labute approximate surface area is 179 Å². The number of amides is 2. The van der Waals surface area contributed by atoms with Gasteiger partial charge < -0.3 is 15.0 Å². The zero-order valence-electron chi connectivity index (χ0n) is 16.7. The number of halogens is 6. The summed E-state index contributed by atoms with van der Waals surface area (Å²) in [5, 5.41) is 2.45. The molecule has 5 nitrogen and oxygen atoms in total. The van der Waals surface area contributed by atoms with Crippen LogP contribution in [0.4, 0.5) is 37.7 Å². The quantitative estimate of drug-likeness (QED) is 0.643. The van der Waals surface area contributed by atoms with Gasteiger partial charge in [-0.05, 0) is 42.8 Å². The molecule has 0 radical (unpaired) electrons. The van der Waals surface area contributed by atoms with Crippen LogP contribution in [0.15, 0.2) is 42.5 Å². The highest BCUT2D eigenvalue weighted by Gasteiger charge is 2.37. The Balaban J connectivity index is 1.73. The van der Waals surface area contributed by atoms with Gasteiger partial charge in [-0.1, -0.05) is 12.1 Å². The second-order valence-corrected chi connectivity index (χ2v) is 7.35. The molecule has 1 unspecified atom stereocenters. The highest BCUT2D eigenvalue weighted by atomic mass is 19.4. The van der Waals surface area contributed by atoms with Crippen LogP contribution in [0.5, 0.6) is 5.75 Å². The molecule has 0 saturated carbocycles. The number of benzene rings is 2. The molecule has 2 amide bonds. The van der Waals surface area contributed by atoms with Gasteiger partial charge in [0.15, 0.2) is 6.61 Å². The van der Waals surface area contributed by atoms with Gasteiger partial charge in [-0.2, -0.15) is 26.3 Å². The maximum absolute atomic E-state index is 13.0. The third-order valence-electron chi connectivity index (χ3n) is 4.77. The van der Waals surface area contributed by atoms with Crippen LogP contribution < -0.4 is 15.0 Å². The molecule has 0 bridgehead atoms. The third kappa shape index (κ3) is 5.71. The normalized spacial score (nSPS) is 16.9. The van der Waals surface area contributed by atoms with Crippen LogP contribution in [-0.4, -0.2) is 31.1 Å². The van der Waals surface area contributed by atoms with Gasteiger partial charge in [-0.25, -0.2) is 0 Å². The average Bonchev–Trinajstić information content (AvgIpc) is 3.09. The molecule has 1 aliphatic heterocycles. The fraction of sp³-hybridized carbons (Fsp3) is 0.333. The highest BCUT2D eigenvalue weighted by molar-refractivity contribution is 6.04. The predicted molar refractivity (Wildman–Crippen MR) is 103 cm³/mol. The van der Waals surface area contributed by atoms with Gasteiger partial charge in [-0.3, -0.25) is 9.59 Å². The zero-order chi connectivity index (χ0) is 23.7. The lowest BCUT2D eigenvalue weighted by Crippen LogP contribution is -2.28. The van der Waals surface area contributed by atoms with E-state index in [0.717, 1.165) is 23.1 Å². The molecular weight excluding hydrogens is 442 g/mol. The first-order valence-electron chi connectivity index (χ1n) is 9.42. The molecule has 2 aromatic rings. The number of nitrogens with zero attached hydrogens (tertiary/aromatic N) is 1. The maximum atomic E-state index is 13.0. The van der Waals surface area contributed by atoms with Crippen LogP contribution in [-0.2, 0) is 15.8 Å². The number of rotatable bonds is 5. The minimum Gasteiger partial charge on any atom is -0.482 e. The molecule has 0 spiro atoms. The first-order valence-corrected chi connectivity index (χ1v) is 9.42. The van der Waals surface area contributed by atoms with E-state index in [1.807, 2.05) is 0 Å². The molecule has 1 heterocycles. The Bertz CT molecular complexity index is 1020. The third-order valence-corrected chi connectivity index (χ3v) is 4.77. The summed E-state index contributed by atoms with van der Waals surface area (Å²) in [6.07, 6.45) is -9.42.